The number of benzene rings is 1. The molecule has 0 heterocycles. The fraction of sp³-hybridized carbons (Fsp3) is 0.500. The Morgan fingerprint density at radius 1 is 1.33 bits per heavy atom. The monoisotopic (exact) mass is 252 g/mol. The van der Waals surface area contributed by atoms with Gasteiger partial charge in [0.25, 0.3) is 0 Å². The first kappa shape index (κ1) is 14.5. The van der Waals surface area contributed by atoms with Crippen molar-refractivity contribution in [1.29, 1.82) is 0 Å². The van der Waals surface area contributed by atoms with Crippen LogP contribution in [0, 0.1) is 0 Å². The minimum absolute atomic E-state index is 0.246. The fourth-order valence-corrected chi connectivity index (χ4v) is 1.75. The molecule has 0 aromatic heterocycles. The quantitative estimate of drug-likeness (QED) is 0.845. The summed E-state index contributed by atoms with van der Waals surface area (Å²) in [6.07, 6.45) is -0.246. The molecular formula is C14H20O4. The van der Waals surface area contributed by atoms with Gasteiger partial charge in [-0.15, -0.1) is 0 Å². The topological polar surface area (TPSA) is 55.8 Å². The van der Waals surface area contributed by atoms with Crippen LogP contribution in [0.3, 0.4) is 0 Å². The Morgan fingerprint density at radius 2 is 2.00 bits per heavy atom. The van der Waals surface area contributed by atoms with E-state index in [0.717, 1.165) is 16.9 Å². The highest BCUT2D eigenvalue weighted by Gasteiger charge is 2.13. The standard InChI is InChI=1S/C14H20O4/c1-9(2)12-7-11(5-6-13(12)17-4)10(3)18-8-14(15)16/h5-7,9-10H,8H2,1-4H3,(H,15,16). The Bertz CT molecular complexity index is 412. The number of carbonyl (C=O) groups is 1. The highest BCUT2D eigenvalue weighted by molar-refractivity contribution is 5.68. The third-order valence-corrected chi connectivity index (χ3v) is 2.80. The molecule has 100 valence electrons. The zero-order chi connectivity index (χ0) is 13.7. The number of carboxylic acid groups (broad SMARTS) is 1. The summed E-state index contributed by atoms with van der Waals surface area (Å²) in [5.41, 5.74) is 2.06. The second-order valence-electron chi connectivity index (χ2n) is 4.50. The molecule has 0 fully saturated rings. The van der Waals surface area contributed by atoms with Gasteiger partial charge >= 0.3 is 5.97 Å². The van der Waals surface area contributed by atoms with Crippen molar-refractivity contribution in [3.05, 3.63) is 29.3 Å². The van der Waals surface area contributed by atoms with Gasteiger partial charge in [-0.2, -0.15) is 0 Å². The highest BCUT2D eigenvalue weighted by Crippen LogP contribution is 2.30. The molecule has 0 saturated heterocycles. The van der Waals surface area contributed by atoms with E-state index in [4.69, 9.17) is 14.6 Å². The Hall–Kier alpha value is -1.55. The van der Waals surface area contributed by atoms with E-state index in [1.807, 2.05) is 25.1 Å². The molecule has 4 heteroatoms. The summed E-state index contributed by atoms with van der Waals surface area (Å²) in [5.74, 6) is 0.227. The lowest BCUT2D eigenvalue weighted by Crippen LogP contribution is -2.10. The summed E-state index contributed by atoms with van der Waals surface area (Å²) in [5, 5.41) is 8.59. The van der Waals surface area contributed by atoms with E-state index >= 15 is 0 Å². The van der Waals surface area contributed by atoms with Crippen molar-refractivity contribution in [3.63, 3.8) is 0 Å². The van der Waals surface area contributed by atoms with Gasteiger partial charge in [0.15, 0.2) is 0 Å². The average Bonchev–Trinajstić information content (AvgIpc) is 2.34. The van der Waals surface area contributed by atoms with Crippen molar-refractivity contribution < 1.29 is 19.4 Å². The maximum atomic E-state index is 10.5. The lowest BCUT2D eigenvalue weighted by molar-refractivity contribution is -0.144. The van der Waals surface area contributed by atoms with Gasteiger partial charge in [-0.1, -0.05) is 19.9 Å². The molecule has 1 atom stereocenters. The molecule has 1 aromatic carbocycles. The molecule has 0 spiro atoms. The summed E-state index contributed by atoms with van der Waals surface area (Å²) in [6.45, 7) is 5.73. The van der Waals surface area contributed by atoms with Crippen LogP contribution in [0.4, 0.5) is 0 Å². The van der Waals surface area contributed by atoms with Crippen LogP contribution in [0.2, 0.25) is 0 Å². The van der Waals surface area contributed by atoms with Crippen LogP contribution in [0.5, 0.6) is 5.75 Å². The SMILES string of the molecule is COc1ccc(C(C)OCC(=O)O)cc1C(C)C. The van der Waals surface area contributed by atoms with E-state index < -0.39 is 5.97 Å². The molecule has 0 aliphatic heterocycles. The van der Waals surface area contributed by atoms with Gasteiger partial charge in [0.2, 0.25) is 0 Å². The Labute approximate surface area is 108 Å². The van der Waals surface area contributed by atoms with Crippen LogP contribution in [0.1, 0.15) is 43.9 Å². The maximum Gasteiger partial charge on any atom is 0.329 e. The number of rotatable bonds is 6. The lowest BCUT2D eigenvalue weighted by Gasteiger charge is -2.17. The van der Waals surface area contributed by atoms with Gasteiger partial charge in [-0.05, 0) is 36.1 Å². The molecular weight excluding hydrogens is 232 g/mol. The van der Waals surface area contributed by atoms with Crippen molar-refractivity contribution in [1.82, 2.24) is 0 Å². The number of hydrogen-bond donors (Lipinski definition) is 1. The minimum atomic E-state index is -0.959. The fourth-order valence-electron chi connectivity index (χ4n) is 1.75. The molecule has 0 aliphatic rings. The number of aliphatic carboxylic acids is 1. The van der Waals surface area contributed by atoms with Gasteiger partial charge in [0.05, 0.1) is 13.2 Å². The van der Waals surface area contributed by atoms with Crippen LogP contribution < -0.4 is 4.74 Å². The normalized spacial score (nSPS) is 12.5. The summed E-state index contributed by atoms with van der Waals surface area (Å²) in [7, 11) is 1.64. The van der Waals surface area contributed by atoms with E-state index in [0.29, 0.717) is 5.92 Å². The first-order valence-corrected chi connectivity index (χ1v) is 5.97. The maximum absolute atomic E-state index is 10.5. The van der Waals surface area contributed by atoms with Crippen LogP contribution >= 0.6 is 0 Å². The molecule has 18 heavy (non-hydrogen) atoms. The third-order valence-electron chi connectivity index (χ3n) is 2.80. The van der Waals surface area contributed by atoms with Gasteiger partial charge in [0, 0.05) is 0 Å². The molecule has 0 radical (unpaired) electrons. The molecule has 4 nitrogen and oxygen atoms in total. The Kier molecular flexibility index (Phi) is 5.16. The number of carboxylic acids is 1. The van der Waals surface area contributed by atoms with Crippen molar-refractivity contribution in [2.45, 2.75) is 32.8 Å². The number of hydrogen-bond acceptors (Lipinski definition) is 3. The van der Waals surface area contributed by atoms with Crippen molar-refractivity contribution >= 4 is 5.97 Å². The zero-order valence-electron chi connectivity index (χ0n) is 11.3. The predicted octanol–water partition coefficient (Wildman–Crippen LogP) is 2.98. The van der Waals surface area contributed by atoms with Gasteiger partial charge < -0.3 is 14.6 Å². The molecule has 0 amide bonds. The molecule has 1 N–H and O–H groups in total. The molecule has 1 unspecified atom stereocenters. The second-order valence-corrected chi connectivity index (χ2v) is 4.50. The summed E-state index contributed by atoms with van der Waals surface area (Å²) in [4.78, 5) is 10.5. The van der Waals surface area contributed by atoms with E-state index in [1.165, 1.54) is 0 Å². The first-order chi connectivity index (χ1) is 8.45. The van der Waals surface area contributed by atoms with Crippen LogP contribution in [0.15, 0.2) is 18.2 Å². The zero-order valence-corrected chi connectivity index (χ0v) is 11.3. The van der Waals surface area contributed by atoms with Gasteiger partial charge in [-0.25, -0.2) is 4.79 Å². The smallest absolute Gasteiger partial charge is 0.329 e. The average molecular weight is 252 g/mol. The highest BCUT2D eigenvalue weighted by atomic mass is 16.5. The van der Waals surface area contributed by atoms with Crippen molar-refractivity contribution in [3.8, 4) is 5.75 Å². The largest absolute Gasteiger partial charge is 0.496 e. The summed E-state index contributed by atoms with van der Waals surface area (Å²) in [6, 6.07) is 5.80. The molecule has 0 bridgehead atoms. The molecule has 1 aromatic rings. The molecule has 0 aliphatic carbocycles. The second kappa shape index (κ2) is 6.40. The summed E-state index contributed by atoms with van der Waals surface area (Å²) < 4.78 is 10.6. The minimum Gasteiger partial charge on any atom is -0.496 e. The lowest BCUT2D eigenvalue weighted by atomic mass is 9.98. The predicted molar refractivity (Wildman–Crippen MR) is 69.1 cm³/mol. The van der Waals surface area contributed by atoms with Crippen molar-refractivity contribution in [2.24, 2.45) is 0 Å². The Balaban J connectivity index is 2.90. The van der Waals surface area contributed by atoms with E-state index in [9.17, 15) is 4.79 Å². The van der Waals surface area contributed by atoms with Crippen molar-refractivity contribution in [2.75, 3.05) is 13.7 Å². The first-order valence-electron chi connectivity index (χ1n) is 5.97. The van der Waals surface area contributed by atoms with E-state index in [-0.39, 0.29) is 12.7 Å². The molecule has 0 saturated carbocycles. The van der Waals surface area contributed by atoms with Crippen LogP contribution in [-0.4, -0.2) is 24.8 Å². The third kappa shape index (κ3) is 3.74. The van der Waals surface area contributed by atoms with E-state index in [2.05, 4.69) is 13.8 Å². The van der Waals surface area contributed by atoms with Crippen LogP contribution in [0.25, 0.3) is 0 Å². The Morgan fingerprint density at radius 3 is 2.50 bits per heavy atom. The van der Waals surface area contributed by atoms with Gasteiger partial charge in [0.1, 0.15) is 12.4 Å². The number of ether oxygens (including phenoxy) is 2. The van der Waals surface area contributed by atoms with E-state index in [1.54, 1.807) is 7.11 Å². The number of methoxy groups -OCH3 is 1. The van der Waals surface area contributed by atoms with Crippen LogP contribution in [-0.2, 0) is 9.53 Å². The molecule has 1 rings (SSSR count). The van der Waals surface area contributed by atoms with Gasteiger partial charge in [-0.3, -0.25) is 0 Å². The summed E-state index contributed by atoms with van der Waals surface area (Å²) >= 11 is 0.